The fourth-order valence-electron chi connectivity index (χ4n) is 1.39. The summed E-state index contributed by atoms with van der Waals surface area (Å²) in [7, 11) is 0. The zero-order valence-corrected chi connectivity index (χ0v) is 8.99. The topological polar surface area (TPSA) is 35.2 Å². The highest BCUT2D eigenvalue weighted by Gasteiger charge is 2.01. The van der Waals surface area contributed by atoms with Gasteiger partial charge in [0.25, 0.3) is 0 Å². The largest absolute Gasteiger partial charge is 0.489 e. The van der Waals surface area contributed by atoms with E-state index in [9.17, 15) is 8.78 Å². The van der Waals surface area contributed by atoms with E-state index in [2.05, 4.69) is 0 Å². The van der Waals surface area contributed by atoms with Gasteiger partial charge in [-0.25, -0.2) is 8.78 Å². The molecule has 0 aliphatic rings. The van der Waals surface area contributed by atoms with E-state index in [1.807, 2.05) is 0 Å². The summed E-state index contributed by atoms with van der Waals surface area (Å²) in [4.78, 5) is 0. The Balaban J connectivity index is 2.05. The highest BCUT2D eigenvalue weighted by Crippen LogP contribution is 2.19. The molecule has 0 aromatic heterocycles. The van der Waals surface area contributed by atoms with E-state index in [0.717, 1.165) is 0 Å². The summed E-state index contributed by atoms with van der Waals surface area (Å²) in [6.45, 7) is 0.182. The van der Waals surface area contributed by atoms with Crippen LogP contribution < -0.4 is 10.5 Å². The predicted octanol–water partition coefficient (Wildman–Crippen LogP) is 3.13. The van der Waals surface area contributed by atoms with Gasteiger partial charge in [0.1, 0.15) is 24.0 Å². The zero-order chi connectivity index (χ0) is 12.3. The van der Waals surface area contributed by atoms with E-state index in [1.54, 1.807) is 18.2 Å². The van der Waals surface area contributed by atoms with Gasteiger partial charge in [0.2, 0.25) is 0 Å². The first kappa shape index (κ1) is 11.4. The van der Waals surface area contributed by atoms with E-state index >= 15 is 0 Å². The Kier molecular flexibility index (Phi) is 3.23. The molecule has 2 aromatic carbocycles. The van der Waals surface area contributed by atoms with Crippen LogP contribution in [-0.4, -0.2) is 0 Å². The number of nitrogens with two attached hydrogens (primary N) is 1. The minimum absolute atomic E-state index is 0.0723. The third kappa shape index (κ3) is 2.93. The third-order valence-corrected chi connectivity index (χ3v) is 2.27. The molecule has 17 heavy (non-hydrogen) atoms. The molecule has 2 nitrogen and oxygen atoms in total. The van der Waals surface area contributed by atoms with Crippen LogP contribution in [0, 0.1) is 11.6 Å². The first-order valence-electron chi connectivity index (χ1n) is 5.07. The summed E-state index contributed by atoms with van der Waals surface area (Å²) < 4.78 is 31.3. The fraction of sp³-hybridized carbons (Fsp3) is 0.0769. The van der Waals surface area contributed by atoms with Gasteiger partial charge in [0.05, 0.1) is 5.69 Å². The summed E-state index contributed by atoms with van der Waals surface area (Å²) in [5.41, 5.74) is 6.09. The molecule has 0 atom stereocenters. The zero-order valence-electron chi connectivity index (χ0n) is 8.99. The van der Waals surface area contributed by atoms with Gasteiger partial charge in [-0.15, -0.1) is 0 Å². The molecule has 0 heterocycles. The minimum Gasteiger partial charge on any atom is -0.489 e. The van der Waals surface area contributed by atoms with E-state index in [1.165, 1.54) is 24.3 Å². The van der Waals surface area contributed by atoms with Crippen LogP contribution in [0.5, 0.6) is 5.75 Å². The Morgan fingerprint density at radius 1 is 1.06 bits per heavy atom. The van der Waals surface area contributed by atoms with Crippen molar-refractivity contribution in [1.29, 1.82) is 0 Å². The molecule has 4 heteroatoms. The Morgan fingerprint density at radius 2 is 1.88 bits per heavy atom. The second-order valence-electron chi connectivity index (χ2n) is 3.60. The average Bonchev–Trinajstić information content (AvgIpc) is 2.31. The molecule has 0 amide bonds. The lowest BCUT2D eigenvalue weighted by Gasteiger charge is -2.07. The summed E-state index contributed by atoms with van der Waals surface area (Å²) >= 11 is 0. The lowest BCUT2D eigenvalue weighted by molar-refractivity contribution is 0.304. The van der Waals surface area contributed by atoms with Crippen LogP contribution in [0.1, 0.15) is 5.56 Å². The normalized spacial score (nSPS) is 10.2. The van der Waals surface area contributed by atoms with Crippen LogP contribution >= 0.6 is 0 Å². The molecule has 88 valence electrons. The lowest BCUT2D eigenvalue weighted by Crippen LogP contribution is -1.97. The molecule has 0 radical (unpaired) electrons. The van der Waals surface area contributed by atoms with Crippen LogP contribution in [0.3, 0.4) is 0 Å². The number of benzene rings is 2. The van der Waals surface area contributed by atoms with E-state index in [4.69, 9.17) is 10.5 Å². The van der Waals surface area contributed by atoms with Crippen LogP contribution in [0.25, 0.3) is 0 Å². The molecule has 0 fully saturated rings. The maximum Gasteiger partial charge on any atom is 0.149 e. The molecular formula is C13H11F2NO. The van der Waals surface area contributed by atoms with Gasteiger partial charge < -0.3 is 10.5 Å². The Morgan fingerprint density at radius 3 is 2.59 bits per heavy atom. The Hall–Kier alpha value is -2.10. The van der Waals surface area contributed by atoms with Gasteiger partial charge in [-0.2, -0.15) is 0 Å². The maximum atomic E-state index is 13.1. The second-order valence-corrected chi connectivity index (χ2v) is 3.60. The van der Waals surface area contributed by atoms with E-state index in [0.29, 0.717) is 11.3 Å². The molecule has 2 aromatic rings. The van der Waals surface area contributed by atoms with Crippen LogP contribution in [0.4, 0.5) is 14.5 Å². The Labute approximate surface area is 97.6 Å². The molecule has 2 N–H and O–H groups in total. The van der Waals surface area contributed by atoms with Crippen molar-refractivity contribution < 1.29 is 13.5 Å². The predicted molar refractivity (Wildman–Crippen MR) is 61.5 cm³/mol. The van der Waals surface area contributed by atoms with Crippen molar-refractivity contribution in [2.45, 2.75) is 6.61 Å². The summed E-state index contributed by atoms with van der Waals surface area (Å²) in [6, 6.07) is 10.2. The summed E-state index contributed by atoms with van der Waals surface area (Å²) in [6.07, 6.45) is 0. The van der Waals surface area contributed by atoms with Crippen molar-refractivity contribution in [3.8, 4) is 5.75 Å². The molecular weight excluding hydrogens is 224 g/mol. The Bertz CT molecular complexity index is 529. The molecule has 0 bridgehead atoms. The fourth-order valence-corrected chi connectivity index (χ4v) is 1.39. The molecule has 2 rings (SSSR count). The van der Waals surface area contributed by atoms with Gasteiger partial charge in [0.15, 0.2) is 0 Å². The first-order chi connectivity index (χ1) is 8.15. The molecule has 0 saturated heterocycles. The molecule has 0 aliphatic carbocycles. The monoisotopic (exact) mass is 235 g/mol. The van der Waals surface area contributed by atoms with Crippen molar-refractivity contribution in [1.82, 2.24) is 0 Å². The number of anilines is 1. The van der Waals surface area contributed by atoms with Crippen molar-refractivity contribution in [2.75, 3.05) is 5.73 Å². The highest BCUT2D eigenvalue weighted by atomic mass is 19.1. The molecule has 0 aliphatic heterocycles. The highest BCUT2D eigenvalue weighted by molar-refractivity contribution is 5.43. The molecule has 0 unspecified atom stereocenters. The SMILES string of the molecule is Nc1ccc(OCc2cccc(F)c2)cc1F. The van der Waals surface area contributed by atoms with Crippen molar-refractivity contribution in [2.24, 2.45) is 0 Å². The number of ether oxygens (including phenoxy) is 1. The van der Waals surface area contributed by atoms with Crippen LogP contribution in [-0.2, 0) is 6.61 Å². The maximum absolute atomic E-state index is 13.1. The quantitative estimate of drug-likeness (QED) is 0.829. The second kappa shape index (κ2) is 4.82. The van der Waals surface area contributed by atoms with Gasteiger partial charge in [0, 0.05) is 6.07 Å². The summed E-state index contributed by atoms with van der Waals surface area (Å²) in [5.74, 6) is -0.489. The van der Waals surface area contributed by atoms with Gasteiger partial charge in [-0.3, -0.25) is 0 Å². The van der Waals surface area contributed by atoms with E-state index in [-0.39, 0.29) is 18.1 Å². The number of halogens is 2. The molecule has 0 spiro atoms. The van der Waals surface area contributed by atoms with E-state index < -0.39 is 5.82 Å². The minimum atomic E-state index is -0.526. The van der Waals surface area contributed by atoms with Gasteiger partial charge in [-0.1, -0.05) is 12.1 Å². The smallest absolute Gasteiger partial charge is 0.149 e. The summed E-state index contributed by atoms with van der Waals surface area (Å²) in [5, 5.41) is 0. The number of rotatable bonds is 3. The van der Waals surface area contributed by atoms with Crippen molar-refractivity contribution in [3.63, 3.8) is 0 Å². The number of hydrogen-bond acceptors (Lipinski definition) is 2. The molecule has 0 saturated carbocycles. The first-order valence-corrected chi connectivity index (χ1v) is 5.07. The van der Waals surface area contributed by atoms with Crippen molar-refractivity contribution in [3.05, 3.63) is 59.7 Å². The van der Waals surface area contributed by atoms with Crippen LogP contribution in [0.2, 0.25) is 0 Å². The number of nitrogen functional groups attached to an aromatic ring is 1. The van der Waals surface area contributed by atoms with Gasteiger partial charge >= 0.3 is 0 Å². The van der Waals surface area contributed by atoms with Gasteiger partial charge in [-0.05, 0) is 29.8 Å². The number of hydrogen-bond donors (Lipinski definition) is 1. The third-order valence-electron chi connectivity index (χ3n) is 2.27. The van der Waals surface area contributed by atoms with Crippen LogP contribution in [0.15, 0.2) is 42.5 Å². The lowest BCUT2D eigenvalue weighted by atomic mass is 10.2. The standard InChI is InChI=1S/C13H11F2NO/c14-10-3-1-2-9(6-10)8-17-11-4-5-13(16)12(15)7-11/h1-7H,8,16H2. The van der Waals surface area contributed by atoms with Crippen molar-refractivity contribution >= 4 is 5.69 Å². The average molecular weight is 235 g/mol.